The standard InChI is InChI=1S/C56H38N2/c1-4-15-39(16-5-1)40-27-31-45(32-28-40)57(46-33-29-42(30-34-46)52-37-43-19-10-11-22-48(43)50-23-12-13-24-51(50)52)47-35-36-54-53(38-47)56-49(41-17-6-2-7-18-41)25-14-26-55(56)58(54)44-20-8-3-9-21-44/h1-38H. The second-order valence-corrected chi connectivity index (χ2v) is 14.9. The normalized spacial score (nSPS) is 11.4. The Hall–Kier alpha value is -7.68. The lowest BCUT2D eigenvalue weighted by Gasteiger charge is -2.26. The molecule has 0 N–H and O–H groups in total. The molecule has 0 amide bonds. The first-order chi connectivity index (χ1) is 28.8. The Kier molecular flexibility index (Phi) is 8.19. The number of hydrogen-bond acceptors (Lipinski definition) is 1. The number of fused-ring (bicyclic) bond motifs is 6. The summed E-state index contributed by atoms with van der Waals surface area (Å²) in [7, 11) is 0. The third-order valence-corrected chi connectivity index (χ3v) is 11.6. The van der Waals surface area contributed by atoms with E-state index in [9.17, 15) is 0 Å². The minimum atomic E-state index is 1.09. The van der Waals surface area contributed by atoms with Crippen molar-refractivity contribution in [3.63, 3.8) is 0 Å². The van der Waals surface area contributed by atoms with Crippen molar-refractivity contribution >= 4 is 60.4 Å². The lowest BCUT2D eigenvalue weighted by molar-refractivity contribution is 1.18. The Labute approximate surface area is 338 Å². The third-order valence-electron chi connectivity index (χ3n) is 11.6. The summed E-state index contributed by atoms with van der Waals surface area (Å²) >= 11 is 0. The molecule has 0 spiro atoms. The fourth-order valence-corrected chi connectivity index (χ4v) is 8.88. The van der Waals surface area contributed by atoms with Crippen LogP contribution >= 0.6 is 0 Å². The highest BCUT2D eigenvalue weighted by Crippen LogP contribution is 2.44. The van der Waals surface area contributed by atoms with Gasteiger partial charge in [0.25, 0.3) is 0 Å². The quantitative estimate of drug-likeness (QED) is 0.148. The van der Waals surface area contributed by atoms with Gasteiger partial charge in [-0.05, 0) is 122 Å². The topological polar surface area (TPSA) is 8.17 Å². The molecule has 0 fully saturated rings. The van der Waals surface area contributed by atoms with Gasteiger partial charge in [-0.15, -0.1) is 0 Å². The van der Waals surface area contributed by atoms with Crippen molar-refractivity contribution in [1.29, 1.82) is 0 Å². The van der Waals surface area contributed by atoms with Crippen molar-refractivity contribution < 1.29 is 0 Å². The molecule has 0 saturated carbocycles. The van der Waals surface area contributed by atoms with E-state index in [1.807, 2.05) is 0 Å². The second-order valence-electron chi connectivity index (χ2n) is 14.9. The number of nitrogens with zero attached hydrogens (tertiary/aromatic N) is 2. The summed E-state index contributed by atoms with van der Waals surface area (Å²) in [5, 5.41) is 7.52. The molecule has 2 nitrogen and oxygen atoms in total. The lowest BCUT2D eigenvalue weighted by atomic mass is 9.93. The van der Waals surface area contributed by atoms with Crippen LogP contribution in [0, 0.1) is 0 Å². The Morgan fingerprint density at radius 2 is 0.828 bits per heavy atom. The average molecular weight is 739 g/mol. The molecule has 0 aliphatic rings. The van der Waals surface area contributed by atoms with Gasteiger partial charge in [-0.2, -0.15) is 0 Å². The highest BCUT2D eigenvalue weighted by molar-refractivity contribution is 6.17. The lowest BCUT2D eigenvalue weighted by Crippen LogP contribution is -2.10. The summed E-state index contributed by atoms with van der Waals surface area (Å²) in [6.45, 7) is 0. The number of rotatable bonds is 7. The number of hydrogen-bond donors (Lipinski definition) is 0. The van der Waals surface area contributed by atoms with Gasteiger partial charge in [0.1, 0.15) is 0 Å². The maximum Gasteiger partial charge on any atom is 0.0547 e. The monoisotopic (exact) mass is 738 g/mol. The zero-order chi connectivity index (χ0) is 38.4. The SMILES string of the molecule is c1ccc(-c2ccc(N(c3ccc(-c4cc5ccccc5c5ccccc45)cc3)c3ccc4c(c3)c3c(-c5ccccc5)cccc3n4-c3ccccc3)cc2)cc1. The van der Waals surface area contributed by atoms with Gasteiger partial charge in [-0.25, -0.2) is 0 Å². The van der Waals surface area contributed by atoms with E-state index >= 15 is 0 Å². The van der Waals surface area contributed by atoms with Crippen molar-refractivity contribution in [3.8, 4) is 39.1 Å². The molecule has 1 heterocycles. The minimum absolute atomic E-state index is 1.09. The van der Waals surface area contributed by atoms with E-state index in [1.165, 1.54) is 76.7 Å². The fourth-order valence-electron chi connectivity index (χ4n) is 8.88. The van der Waals surface area contributed by atoms with Crippen LogP contribution in [0.2, 0.25) is 0 Å². The van der Waals surface area contributed by atoms with Crippen LogP contribution in [-0.2, 0) is 0 Å². The molecule has 11 rings (SSSR count). The molecule has 11 aromatic rings. The van der Waals surface area contributed by atoms with Gasteiger partial charge in [0.2, 0.25) is 0 Å². The van der Waals surface area contributed by atoms with Crippen LogP contribution in [0.1, 0.15) is 0 Å². The van der Waals surface area contributed by atoms with Gasteiger partial charge in [-0.3, -0.25) is 0 Å². The minimum Gasteiger partial charge on any atom is -0.310 e. The molecule has 0 saturated heterocycles. The Morgan fingerprint density at radius 1 is 0.293 bits per heavy atom. The Bertz CT molecular complexity index is 3240. The summed E-state index contributed by atoms with van der Waals surface area (Å²) in [4.78, 5) is 2.40. The highest BCUT2D eigenvalue weighted by atomic mass is 15.1. The van der Waals surface area contributed by atoms with E-state index in [1.54, 1.807) is 0 Å². The van der Waals surface area contributed by atoms with E-state index in [-0.39, 0.29) is 0 Å². The summed E-state index contributed by atoms with van der Waals surface area (Å²) in [6, 6.07) is 83.6. The molecular formula is C56H38N2. The molecule has 0 radical (unpaired) electrons. The zero-order valence-electron chi connectivity index (χ0n) is 31.8. The molecule has 58 heavy (non-hydrogen) atoms. The van der Waals surface area contributed by atoms with Gasteiger partial charge in [0.05, 0.1) is 11.0 Å². The van der Waals surface area contributed by atoms with Crippen LogP contribution in [-0.4, -0.2) is 4.57 Å². The predicted molar refractivity (Wildman–Crippen MR) is 247 cm³/mol. The second kappa shape index (κ2) is 14.1. The van der Waals surface area contributed by atoms with Crippen molar-refractivity contribution in [1.82, 2.24) is 4.57 Å². The molecule has 0 atom stereocenters. The molecular weight excluding hydrogens is 701 g/mol. The average Bonchev–Trinajstić information content (AvgIpc) is 3.64. The Balaban J connectivity index is 1.11. The molecule has 1 aromatic heterocycles. The van der Waals surface area contributed by atoms with E-state index in [2.05, 4.69) is 240 Å². The van der Waals surface area contributed by atoms with Crippen LogP contribution in [0.3, 0.4) is 0 Å². The Morgan fingerprint density at radius 3 is 1.53 bits per heavy atom. The van der Waals surface area contributed by atoms with Crippen LogP contribution in [0.5, 0.6) is 0 Å². The summed E-state index contributed by atoms with van der Waals surface area (Å²) in [5.74, 6) is 0. The smallest absolute Gasteiger partial charge is 0.0547 e. The van der Waals surface area contributed by atoms with Gasteiger partial charge < -0.3 is 9.47 Å². The van der Waals surface area contributed by atoms with Gasteiger partial charge >= 0.3 is 0 Å². The first-order valence-corrected chi connectivity index (χ1v) is 19.9. The van der Waals surface area contributed by atoms with E-state index in [0.29, 0.717) is 0 Å². The van der Waals surface area contributed by atoms with Crippen LogP contribution in [0.25, 0.3) is 82.4 Å². The molecule has 10 aromatic carbocycles. The van der Waals surface area contributed by atoms with E-state index in [0.717, 1.165) is 22.7 Å². The van der Waals surface area contributed by atoms with Gasteiger partial charge in [0.15, 0.2) is 0 Å². The summed E-state index contributed by atoms with van der Waals surface area (Å²) < 4.78 is 2.41. The maximum absolute atomic E-state index is 2.41. The third kappa shape index (κ3) is 5.74. The van der Waals surface area contributed by atoms with Crippen LogP contribution in [0.15, 0.2) is 231 Å². The molecule has 0 aliphatic carbocycles. The number of aromatic nitrogens is 1. The molecule has 2 heteroatoms. The number of para-hydroxylation sites is 1. The number of benzene rings is 10. The largest absolute Gasteiger partial charge is 0.310 e. The van der Waals surface area contributed by atoms with E-state index in [4.69, 9.17) is 0 Å². The van der Waals surface area contributed by atoms with Gasteiger partial charge in [-0.1, -0.05) is 164 Å². The maximum atomic E-state index is 2.41. The van der Waals surface area contributed by atoms with Crippen molar-refractivity contribution in [2.75, 3.05) is 4.90 Å². The molecule has 272 valence electrons. The molecule has 0 aliphatic heterocycles. The zero-order valence-corrected chi connectivity index (χ0v) is 31.8. The number of anilines is 3. The van der Waals surface area contributed by atoms with Crippen LogP contribution in [0.4, 0.5) is 17.1 Å². The fraction of sp³-hybridized carbons (Fsp3) is 0. The predicted octanol–water partition coefficient (Wildman–Crippen LogP) is 15.6. The molecule has 0 unspecified atom stereocenters. The first-order valence-electron chi connectivity index (χ1n) is 19.9. The van der Waals surface area contributed by atoms with Crippen molar-refractivity contribution in [2.45, 2.75) is 0 Å². The van der Waals surface area contributed by atoms with Crippen molar-refractivity contribution in [3.05, 3.63) is 231 Å². The van der Waals surface area contributed by atoms with E-state index < -0.39 is 0 Å². The summed E-state index contributed by atoms with van der Waals surface area (Å²) in [5.41, 5.74) is 14.0. The van der Waals surface area contributed by atoms with Crippen molar-refractivity contribution in [2.24, 2.45) is 0 Å². The van der Waals surface area contributed by atoms with Crippen LogP contribution < -0.4 is 4.90 Å². The molecule has 0 bridgehead atoms. The van der Waals surface area contributed by atoms with Gasteiger partial charge in [0, 0.05) is 33.5 Å². The first kappa shape index (κ1) is 33.6. The highest BCUT2D eigenvalue weighted by Gasteiger charge is 2.20. The summed E-state index contributed by atoms with van der Waals surface area (Å²) in [6.07, 6.45) is 0.